The molecule has 0 bridgehead atoms. The molecule has 0 saturated heterocycles. The number of rotatable bonds is 9. The van der Waals surface area contributed by atoms with Crippen LogP contribution in [0.4, 0.5) is 0 Å². The Labute approximate surface area is 198 Å². The Morgan fingerprint density at radius 1 is 0.906 bits per heavy atom. The average Bonchev–Trinajstić information content (AvgIpc) is 2.81. The largest absolute Gasteiger partial charge is 0.452 e. The Morgan fingerprint density at radius 3 is 2.19 bits per heavy atom. The lowest BCUT2D eigenvalue weighted by Gasteiger charge is -2.26. The van der Waals surface area contributed by atoms with E-state index in [1.165, 1.54) is 0 Å². The molecule has 0 unspecified atom stereocenters. The summed E-state index contributed by atoms with van der Waals surface area (Å²) in [6.45, 7) is 4.10. The van der Waals surface area contributed by atoms with Crippen LogP contribution >= 0.6 is 23.4 Å². The predicted octanol–water partition coefficient (Wildman–Crippen LogP) is 6.23. The Balaban J connectivity index is 1.51. The van der Waals surface area contributed by atoms with E-state index in [0.29, 0.717) is 17.1 Å². The maximum atomic E-state index is 12.7. The third-order valence-corrected chi connectivity index (χ3v) is 6.21. The standard InChI is InChI=1S/C26H26ClNO3S/c1-19(2)28(16-20-6-4-3-5-7-20)25(29)17-31-26(30)22-10-8-21(9-11-22)18-32-24-14-12-23(27)13-15-24/h3-15,19H,16-18H2,1-2H3. The van der Waals surface area contributed by atoms with E-state index < -0.39 is 5.97 Å². The van der Waals surface area contributed by atoms with Gasteiger partial charge in [0.15, 0.2) is 6.61 Å². The van der Waals surface area contributed by atoms with Crippen LogP contribution in [0.5, 0.6) is 0 Å². The highest BCUT2D eigenvalue weighted by Crippen LogP contribution is 2.24. The topological polar surface area (TPSA) is 46.6 Å². The van der Waals surface area contributed by atoms with E-state index in [-0.39, 0.29) is 18.6 Å². The van der Waals surface area contributed by atoms with Crippen molar-refractivity contribution in [3.8, 4) is 0 Å². The highest BCUT2D eigenvalue weighted by molar-refractivity contribution is 7.98. The van der Waals surface area contributed by atoms with E-state index in [9.17, 15) is 9.59 Å². The quantitative estimate of drug-likeness (QED) is 0.276. The third-order valence-electron chi connectivity index (χ3n) is 4.87. The number of halogens is 1. The summed E-state index contributed by atoms with van der Waals surface area (Å²) < 4.78 is 5.29. The number of hydrogen-bond acceptors (Lipinski definition) is 4. The van der Waals surface area contributed by atoms with Crippen molar-refractivity contribution in [1.82, 2.24) is 4.90 Å². The summed E-state index contributed by atoms with van der Waals surface area (Å²) >= 11 is 7.61. The van der Waals surface area contributed by atoms with Gasteiger partial charge in [-0.1, -0.05) is 54.1 Å². The SMILES string of the molecule is CC(C)N(Cc1ccccc1)C(=O)COC(=O)c1ccc(CSc2ccc(Cl)cc2)cc1. The maximum absolute atomic E-state index is 12.7. The second kappa shape index (κ2) is 11.7. The first kappa shape index (κ1) is 23.9. The van der Waals surface area contributed by atoms with E-state index in [1.807, 2.05) is 80.6 Å². The molecule has 0 radical (unpaired) electrons. The molecule has 0 aliphatic carbocycles. The van der Waals surface area contributed by atoms with Crippen LogP contribution in [0.1, 0.15) is 35.3 Å². The van der Waals surface area contributed by atoms with Crippen LogP contribution in [-0.2, 0) is 21.8 Å². The first-order valence-electron chi connectivity index (χ1n) is 10.4. The van der Waals surface area contributed by atoms with E-state index in [2.05, 4.69) is 0 Å². The lowest BCUT2D eigenvalue weighted by Crippen LogP contribution is -2.39. The molecule has 0 aliphatic heterocycles. The summed E-state index contributed by atoms with van der Waals surface area (Å²) in [7, 11) is 0. The fraction of sp³-hybridized carbons (Fsp3) is 0.231. The van der Waals surface area contributed by atoms with Crippen molar-refractivity contribution in [2.75, 3.05) is 6.61 Å². The fourth-order valence-corrected chi connectivity index (χ4v) is 4.05. The number of carbonyl (C=O) groups is 2. The number of ether oxygens (including phenoxy) is 1. The zero-order valence-electron chi connectivity index (χ0n) is 18.2. The number of esters is 1. The fourth-order valence-electron chi connectivity index (χ4n) is 3.07. The third kappa shape index (κ3) is 7.14. The normalized spacial score (nSPS) is 10.8. The maximum Gasteiger partial charge on any atom is 0.338 e. The molecule has 0 fully saturated rings. The van der Waals surface area contributed by atoms with Gasteiger partial charge in [0.05, 0.1) is 5.56 Å². The summed E-state index contributed by atoms with van der Waals surface area (Å²) in [6.07, 6.45) is 0. The predicted molar refractivity (Wildman–Crippen MR) is 130 cm³/mol. The van der Waals surface area contributed by atoms with Gasteiger partial charge in [0.1, 0.15) is 0 Å². The van der Waals surface area contributed by atoms with Crippen LogP contribution in [0, 0.1) is 0 Å². The Morgan fingerprint density at radius 2 is 1.56 bits per heavy atom. The van der Waals surface area contributed by atoms with Gasteiger partial charge in [0, 0.05) is 28.3 Å². The smallest absolute Gasteiger partial charge is 0.338 e. The first-order valence-corrected chi connectivity index (χ1v) is 11.8. The highest BCUT2D eigenvalue weighted by Gasteiger charge is 2.19. The van der Waals surface area contributed by atoms with Gasteiger partial charge in [0.2, 0.25) is 0 Å². The van der Waals surface area contributed by atoms with Gasteiger partial charge in [0.25, 0.3) is 5.91 Å². The summed E-state index contributed by atoms with van der Waals surface area (Å²) in [6, 6.07) is 24.7. The second-order valence-electron chi connectivity index (χ2n) is 7.62. The van der Waals surface area contributed by atoms with Crippen LogP contribution in [-0.4, -0.2) is 29.4 Å². The molecule has 6 heteroatoms. The van der Waals surface area contributed by atoms with Gasteiger partial charge in [-0.2, -0.15) is 0 Å². The molecule has 32 heavy (non-hydrogen) atoms. The van der Waals surface area contributed by atoms with Crippen molar-refractivity contribution < 1.29 is 14.3 Å². The average molecular weight is 468 g/mol. The molecule has 166 valence electrons. The zero-order valence-corrected chi connectivity index (χ0v) is 19.7. The molecule has 0 aromatic heterocycles. The lowest BCUT2D eigenvalue weighted by atomic mass is 10.1. The molecule has 3 rings (SSSR count). The zero-order chi connectivity index (χ0) is 22.9. The molecule has 1 amide bonds. The van der Waals surface area contributed by atoms with Gasteiger partial charge < -0.3 is 9.64 Å². The van der Waals surface area contributed by atoms with Crippen LogP contribution in [0.3, 0.4) is 0 Å². The number of carbonyl (C=O) groups excluding carboxylic acids is 2. The number of nitrogens with zero attached hydrogens (tertiary/aromatic N) is 1. The lowest BCUT2D eigenvalue weighted by molar-refractivity contribution is -0.136. The van der Waals surface area contributed by atoms with Crippen molar-refractivity contribution in [2.24, 2.45) is 0 Å². The van der Waals surface area contributed by atoms with Crippen molar-refractivity contribution in [1.29, 1.82) is 0 Å². The van der Waals surface area contributed by atoms with Gasteiger partial charge in [-0.15, -0.1) is 11.8 Å². The molecule has 0 atom stereocenters. The molecule has 0 saturated carbocycles. The highest BCUT2D eigenvalue weighted by atomic mass is 35.5. The van der Waals surface area contributed by atoms with E-state index >= 15 is 0 Å². The van der Waals surface area contributed by atoms with Gasteiger partial charge in [-0.3, -0.25) is 4.79 Å². The Hall–Kier alpha value is -2.76. The summed E-state index contributed by atoms with van der Waals surface area (Å²) in [4.78, 5) is 27.9. The monoisotopic (exact) mass is 467 g/mol. The first-order chi connectivity index (χ1) is 15.4. The molecule has 0 spiro atoms. The van der Waals surface area contributed by atoms with Crippen molar-refractivity contribution in [3.05, 3.63) is 101 Å². The summed E-state index contributed by atoms with van der Waals surface area (Å²) in [5, 5.41) is 0.715. The Kier molecular flexibility index (Phi) is 8.77. The molecular weight excluding hydrogens is 442 g/mol. The second-order valence-corrected chi connectivity index (χ2v) is 9.10. The minimum atomic E-state index is -0.501. The Bertz CT molecular complexity index is 1020. The molecule has 3 aromatic rings. The molecule has 3 aromatic carbocycles. The van der Waals surface area contributed by atoms with Crippen molar-refractivity contribution in [2.45, 2.75) is 37.1 Å². The summed E-state index contributed by atoms with van der Waals surface area (Å²) in [5.41, 5.74) is 2.55. The molecule has 4 nitrogen and oxygen atoms in total. The van der Waals surface area contributed by atoms with Gasteiger partial charge >= 0.3 is 5.97 Å². The van der Waals surface area contributed by atoms with Crippen LogP contribution < -0.4 is 0 Å². The summed E-state index contributed by atoms with van der Waals surface area (Å²) in [5.74, 6) is 0.0602. The molecular formula is C26H26ClNO3S. The van der Waals surface area contributed by atoms with E-state index in [1.54, 1.807) is 28.8 Å². The van der Waals surface area contributed by atoms with Crippen LogP contribution in [0.2, 0.25) is 5.02 Å². The minimum absolute atomic E-state index is 0.00108. The van der Waals surface area contributed by atoms with Crippen LogP contribution in [0.25, 0.3) is 0 Å². The van der Waals surface area contributed by atoms with Crippen molar-refractivity contribution in [3.63, 3.8) is 0 Å². The van der Waals surface area contributed by atoms with Crippen LogP contribution in [0.15, 0.2) is 83.8 Å². The minimum Gasteiger partial charge on any atom is -0.452 e. The van der Waals surface area contributed by atoms with E-state index in [0.717, 1.165) is 21.8 Å². The number of benzene rings is 3. The molecule has 0 N–H and O–H groups in total. The van der Waals surface area contributed by atoms with Gasteiger partial charge in [-0.05, 0) is 61.4 Å². The molecule has 0 heterocycles. The van der Waals surface area contributed by atoms with Gasteiger partial charge in [-0.25, -0.2) is 4.79 Å². The van der Waals surface area contributed by atoms with Crippen molar-refractivity contribution >= 4 is 35.2 Å². The number of thioether (sulfide) groups is 1. The molecule has 0 aliphatic rings. The number of amides is 1. The number of hydrogen-bond donors (Lipinski definition) is 0. The van der Waals surface area contributed by atoms with E-state index in [4.69, 9.17) is 16.3 Å².